The molecule has 2 aliphatic rings. The minimum absolute atomic E-state index is 0.0574. The predicted octanol–water partition coefficient (Wildman–Crippen LogP) is 2.53. The van der Waals surface area contributed by atoms with E-state index in [1.807, 2.05) is 17.0 Å². The van der Waals surface area contributed by atoms with Crippen LogP contribution in [-0.4, -0.2) is 29.9 Å². The monoisotopic (exact) mass is 258 g/mol. The average molecular weight is 258 g/mol. The summed E-state index contributed by atoms with van der Waals surface area (Å²) in [7, 11) is 0. The first-order valence-electron chi connectivity index (χ1n) is 7.28. The molecule has 1 aromatic carbocycles. The van der Waals surface area contributed by atoms with E-state index >= 15 is 0 Å². The highest BCUT2D eigenvalue weighted by atomic mass is 16.2. The Morgan fingerprint density at radius 2 is 2.05 bits per heavy atom. The van der Waals surface area contributed by atoms with Gasteiger partial charge in [-0.25, -0.2) is 0 Å². The summed E-state index contributed by atoms with van der Waals surface area (Å²) in [5.41, 5.74) is 2.39. The summed E-state index contributed by atoms with van der Waals surface area (Å²) in [6, 6.07) is 8.17. The number of piperidine rings is 1. The van der Waals surface area contributed by atoms with Crippen molar-refractivity contribution < 1.29 is 4.79 Å². The van der Waals surface area contributed by atoms with E-state index in [2.05, 4.69) is 31.3 Å². The van der Waals surface area contributed by atoms with Crippen LogP contribution in [-0.2, 0) is 11.2 Å². The minimum atomic E-state index is -0.0574. The van der Waals surface area contributed by atoms with Crippen LogP contribution in [0, 0.1) is 11.8 Å². The molecule has 19 heavy (non-hydrogen) atoms. The number of amides is 1. The molecule has 2 heterocycles. The van der Waals surface area contributed by atoms with Crippen LogP contribution in [0.2, 0.25) is 0 Å². The summed E-state index contributed by atoms with van der Waals surface area (Å²) in [6.07, 6.45) is 1.96. The van der Waals surface area contributed by atoms with E-state index in [1.165, 1.54) is 5.56 Å². The standard InChI is InChI=1S/C16H22N2O/c1-11-7-8-18(10-12(11)2)16(19)15-9-13-5-3-4-6-14(13)17-15/h3-6,11-12,15,17H,7-10H2,1-2H3/t11?,12?,15-/m0/s1. The van der Waals surface area contributed by atoms with Crippen LogP contribution in [0.15, 0.2) is 24.3 Å². The van der Waals surface area contributed by atoms with Crippen LogP contribution in [0.5, 0.6) is 0 Å². The molecule has 0 aliphatic carbocycles. The average Bonchev–Trinajstić information content (AvgIpc) is 2.85. The van der Waals surface area contributed by atoms with Crippen molar-refractivity contribution in [3.8, 4) is 0 Å². The van der Waals surface area contributed by atoms with Gasteiger partial charge in [-0.2, -0.15) is 0 Å². The molecule has 1 amide bonds. The van der Waals surface area contributed by atoms with Crippen molar-refractivity contribution in [3.05, 3.63) is 29.8 Å². The molecule has 1 fully saturated rings. The molecule has 0 radical (unpaired) electrons. The normalized spacial score (nSPS) is 29.8. The molecule has 0 saturated carbocycles. The molecule has 0 bridgehead atoms. The van der Waals surface area contributed by atoms with Crippen LogP contribution in [0.25, 0.3) is 0 Å². The largest absolute Gasteiger partial charge is 0.373 e. The van der Waals surface area contributed by atoms with Crippen molar-refractivity contribution >= 4 is 11.6 Å². The van der Waals surface area contributed by atoms with Crippen molar-refractivity contribution in [1.82, 2.24) is 4.90 Å². The predicted molar refractivity (Wildman–Crippen MR) is 77.1 cm³/mol. The Morgan fingerprint density at radius 3 is 2.79 bits per heavy atom. The van der Waals surface area contributed by atoms with Crippen LogP contribution < -0.4 is 5.32 Å². The lowest BCUT2D eigenvalue weighted by Gasteiger charge is -2.36. The fourth-order valence-electron chi connectivity index (χ4n) is 3.13. The molecule has 0 aromatic heterocycles. The highest BCUT2D eigenvalue weighted by molar-refractivity contribution is 5.87. The number of para-hydroxylation sites is 1. The lowest BCUT2D eigenvalue weighted by Crippen LogP contribution is -2.48. The zero-order chi connectivity index (χ0) is 13.4. The Kier molecular flexibility index (Phi) is 3.21. The van der Waals surface area contributed by atoms with Gasteiger partial charge in [0.2, 0.25) is 5.91 Å². The second-order valence-electron chi connectivity index (χ2n) is 6.09. The number of fused-ring (bicyclic) bond motifs is 1. The van der Waals surface area contributed by atoms with Gasteiger partial charge in [-0.05, 0) is 29.9 Å². The number of carbonyl (C=O) groups excluding carboxylic acids is 1. The minimum Gasteiger partial charge on any atom is -0.373 e. The van der Waals surface area contributed by atoms with Gasteiger partial charge in [0.15, 0.2) is 0 Å². The molecule has 3 atom stereocenters. The van der Waals surface area contributed by atoms with E-state index in [-0.39, 0.29) is 11.9 Å². The van der Waals surface area contributed by atoms with Gasteiger partial charge in [0, 0.05) is 25.2 Å². The fourth-order valence-corrected chi connectivity index (χ4v) is 3.13. The van der Waals surface area contributed by atoms with Crippen molar-refractivity contribution in [3.63, 3.8) is 0 Å². The van der Waals surface area contributed by atoms with E-state index < -0.39 is 0 Å². The molecular formula is C16H22N2O. The molecule has 0 spiro atoms. The lowest BCUT2D eigenvalue weighted by atomic mass is 9.88. The zero-order valence-corrected chi connectivity index (χ0v) is 11.7. The van der Waals surface area contributed by atoms with Gasteiger partial charge in [0.25, 0.3) is 0 Å². The van der Waals surface area contributed by atoms with Gasteiger partial charge in [0.1, 0.15) is 6.04 Å². The topological polar surface area (TPSA) is 32.3 Å². The maximum Gasteiger partial charge on any atom is 0.245 e. The van der Waals surface area contributed by atoms with Gasteiger partial charge >= 0.3 is 0 Å². The molecule has 1 N–H and O–H groups in total. The van der Waals surface area contributed by atoms with E-state index in [1.54, 1.807) is 0 Å². The number of benzene rings is 1. The van der Waals surface area contributed by atoms with Crippen molar-refractivity contribution in [2.75, 3.05) is 18.4 Å². The van der Waals surface area contributed by atoms with Crippen molar-refractivity contribution in [2.24, 2.45) is 11.8 Å². The van der Waals surface area contributed by atoms with E-state index in [4.69, 9.17) is 0 Å². The van der Waals surface area contributed by atoms with E-state index in [0.29, 0.717) is 5.92 Å². The molecular weight excluding hydrogens is 236 g/mol. The summed E-state index contributed by atoms with van der Waals surface area (Å²) in [4.78, 5) is 14.6. The first kappa shape index (κ1) is 12.5. The third-order valence-electron chi connectivity index (χ3n) is 4.72. The first-order valence-corrected chi connectivity index (χ1v) is 7.28. The number of hydrogen-bond donors (Lipinski definition) is 1. The number of nitrogens with one attached hydrogen (secondary N) is 1. The SMILES string of the molecule is CC1CCN(C(=O)[C@@H]2Cc3ccccc3N2)CC1C. The van der Waals surface area contributed by atoms with Gasteiger partial charge in [-0.3, -0.25) is 4.79 Å². The highest BCUT2D eigenvalue weighted by Gasteiger charge is 2.33. The number of hydrogen-bond acceptors (Lipinski definition) is 2. The lowest BCUT2D eigenvalue weighted by molar-refractivity contribution is -0.134. The Hall–Kier alpha value is -1.51. The maximum atomic E-state index is 12.6. The summed E-state index contributed by atoms with van der Waals surface area (Å²) in [5.74, 6) is 1.62. The second-order valence-corrected chi connectivity index (χ2v) is 6.09. The van der Waals surface area contributed by atoms with Gasteiger partial charge in [0.05, 0.1) is 0 Å². The van der Waals surface area contributed by atoms with Crippen LogP contribution in [0.1, 0.15) is 25.8 Å². The molecule has 102 valence electrons. The fraction of sp³-hybridized carbons (Fsp3) is 0.562. The van der Waals surface area contributed by atoms with Crippen LogP contribution >= 0.6 is 0 Å². The molecule has 1 aromatic rings. The summed E-state index contributed by atoms with van der Waals surface area (Å²) in [6.45, 7) is 6.37. The summed E-state index contributed by atoms with van der Waals surface area (Å²) < 4.78 is 0. The van der Waals surface area contributed by atoms with Crippen molar-refractivity contribution in [2.45, 2.75) is 32.7 Å². The van der Waals surface area contributed by atoms with Crippen LogP contribution in [0.4, 0.5) is 5.69 Å². The zero-order valence-electron chi connectivity index (χ0n) is 11.7. The number of nitrogens with zero attached hydrogens (tertiary/aromatic N) is 1. The Bertz CT molecular complexity index is 460. The van der Waals surface area contributed by atoms with Gasteiger partial charge < -0.3 is 10.2 Å². The molecule has 2 aliphatic heterocycles. The molecule has 3 nitrogen and oxygen atoms in total. The third kappa shape index (κ3) is 2.34. The second kappa shape index (κ2) is 4.87. The number of anilines is 1. The number of likely N-dealkylation sites (tertiary alicyclic amines) is 1. The molecule has 1 saturated heterocycles. The van der Waals surface area contributed by atoms with Crippen LogP contribution in [0.3, 0.4) is 0 Å². The Labute approximate surface area is 115 Å². The molecule has 3 rings (SSSR count). The summed E-state index contributed by atoms with van der Waals surface area (Å²) >= 11 is 0. The molecule has 3 heteroatoms. The molecule has 2 unspecified atom stereocenters. The third-order valence-corrected chi connectivity index (χ3v) is 4.72. The highest BCUT2D eigenvalue weighted by Crippen LogP contribution is 2.28. The quantitative estimate of drug-likeness (QED) is 0.839. The van der Waals surface area contributed by atoms with Crippen molar-refractivity contribution in [1.29, 1.82) is 0 Å². The smallest absolute Gasteiger partial charge is 0.245 e. The van der Waals surface area contributed by atoms with E-state index in [9.17, 15) is 4.79 Å². The number of rotatable bonds is 1. The van der Waals surface area contributed by atoms with E-state index in [0.717, 1.165) is 37.5 Å². The Morgan fingerprint density at radius 1 is 1.26 bits per heavy atom. The summed E-state index contributed by atoms with van der Waals surface area (Å²) in [5, 5.41) is 3.37. The Balaban J connectivity index is 1.67. The van der Waals surface area contributed by atoms with Gasteiger partial charge in [-0.1, -0.05) is 32.0 Å². The number of carbonyl (C=O) groups is 1. The maximum absolute atomic E-state index is 12.6. The first-order chi connectivity index (χ1) is 9.15. The van der Waals surface area contributed by atoms with Gasteiger partial charge in [-0.15, -0.1) is 0 Å².